The van der Waals surface area contributed by atoms with Crippen molar-refractivity contribution in [3.8, 4) is 0 Å². The zero-order valence-electron chi connectivity index (χ0n) is 10.1. The summed E-state index contributed by atoms with van der Waals surface area (Å²) in [4.78, 5) is 0. The highest BCUT2D eigenvalue weighted by Gasteiger charge is 2.39. The highest BCUT2D eigenvalue weighted by Crippen LogP contribution is 2.47. The maximum atomic E-state index is 2.51. The van der Waals surface area contributed by atoms with E-state index in [1.807, 2.05) is 0 Å². The Bertz CT molecular complexity index is 178. The van der Waals surface area contributed by atoms with Crippen molar-refractivity contribution in [2.75, 3.05) is 0 Å². The molecule has 14 heavy (non-hydrogen) atoms. The molecule has 4 atom stereocenters. The molecule has 0 N–H and O–H groups in total. The summed E-state index contributed by atoms with van der Waals surface area (Å²) in [6.45, 7) is 7.44. The Morgan fingerprint density at radius 3 is 1.93 bits per heavy atom. The van der Waals surface area contributed by atoms with Crippen LogP contribution in [0.3, 0.4) is 0 Å². The van der Waals surface area contributed by atoms with Crippen molar-refractivity contribution in [3.05, 3.63) is 0 Å². The van der Waals surface area contributed by atoms with Gasteiger partial charge in [0.25, 0.3) is 0 Å². The Morgan fingerprint density at radius 1 is 0.786 bits per heavy atom. The zero-order chi connectivity index (χ0) is 10.1. The number of hydrogen-bond donors (Lipinski definition) is 0. The molecule has 2 rings (SSSR count). The first kappa shape index (κ1) is 10.5. The second-order valence-electron chi connectivity index (χ2n) is 5.99. The predicted molar refractivity (Wildman–Crippen MR) is 62.2 cm³/mol. The van der Waals surface area contributed by atoms with E-state index in [0.29, 0.717) is 0 Å². The van der Waals surface area contributed by atoms with Gasteiger partial charge in [-0.05, 0) is 36.0 Å². The lowest BCUT2D eigenvalue weighted by atomic mass is 9.75. The standard InChI is InChI=1S/C14H26/c1-10-9-14(12(3)11(10)2)13-7-5-4-6-8-13/h10-14H,4-9H2,1-3H3. The van der Waals surface area contributed by atoms with Gasteiger partial charge in [0, 0.05) is 0 Å². The smallest absolute Gasteiger partial charge is 0.0355 e. The molecule has 0 aliphatic heterocycles. The van der Waals surface area contributed by atoms with Crippen molar-refractivity contribution in [1.82, 2.24) is 0 Å². The summed E-state index contributed by atoms with van der Waals surface area (Å²) >= 11 is 0. The van der Waals surface area contributed by atoms with Gasteiger partial charge in [-0.15, -0.1) is 0 Å². The summed E-state index contributed by atoms with van der Waals surface area (Å²) in [7, 11) is 0. The van der Waals surface area contributed by atoms with Gasteiger partial charge in [0.1, 0.15) is 0 Å². The highest BCUT2D eigenvalue weighted by atomic mass is 14.4. The Balaban J connectivity index is 1.97. The molecule has 2 aliphatic carbocycles. The summed E-state index contributed by atoms with van der Waals surface area (Å²) in [6, 6.07) is 0. The van der Waals surface area contributed by atoms with E-state index >= 15 is 0 Å². The van der Waals surface area contributed by atoms with Crippen molar-refractivity contribution in [2.24, 2.45) is 29.6 Å². The number of rotatable bonds is 1. The van der Waals surface area contributed by atoms with Crippen LogP contribution < -0.4 is 0 Å². The molecule has 0 amide bonds. The summed E-state index contributed by atoms with van der Waals surface area (Å²) in [5.41, 5.74) is 0. The van der Waals surface area contributed by atoms with Crippen LogP contribution in [-0.4, -0.2) is 0 Å². The normalized spacial score (nSPS) is 45.6. The van der Waals surface area contributed by atoms with Gasteiger partial charge in [-0.2, -0.15) is 0 Å². The van der Waals surface area contributed by atoms with Crippen molar-refractivity contribution in [2.45, 2.75) is 59.3 Å². The van der Waals surface area contributed by atoms with E-state index in [0.717, 1.165) is 29.6 Å². The van der Waals surface area contributed by atoms with Crippen LogP contribution >= 0.6 is 0 Å². The van der Waals surface area contributed by atoms with Crippen LogP contribution in [-0.2, 0) is 0 Å². The minimum absolute atomic E-state index is 0.974. The van der Waals surface area contributed by atoms with E-state index in [2.05, 4.69) is 20.8 Å². The van der Waals surface area contributed by atoms with Gasteiger partial charge in [0.05, 0.1) is 0 Å². The lowest BCUT2D eigenvalue weighted by molar-refractivity contribution is 0.197. The molecular formula is C14H26. The van der Waals surface area contributed by atoms with Gasteiger partial charge in [0.2, 0.25) is 0 Å². The SMILES string of the molecule is CC1CC(C2CCCCC2)C(C)C1C. The fourth-order valence-electron chi connectivity index (χ4n) is 3.95. The Kier molecular flexibility index (Phi) is 3.19. The zero-order valence-corrected chi connectivity index (χ0v) is 10.1. The Labute approximate surface area is 89.5 Å². The molecule has 82 valence electrons. The first-order chi connectivity index (χ1) is 6.70. The second kappa shape index (κ2) is 4.24. The van der Waals surface area contributed by atoms with E-state index in [1.165, 1.54) is 38.5 Å². The minimum Gasteiger partial charge on any atom is -0.0622 e. The number of hydrogen-bond acceptors (Lipinski definition) is 0. The van der Waals surface area contributed by atoms with Crippen molar-refractivity contribution >= 4 is 0 Å². The summed E-state index contributed by atoms with van der Waals surface area (Å²) in [6.07, 6.45) is 9.12. The molecule has 0 saturated heterocycles. The van der Waals surface area contributed by atoms with E-state index < -0.39 is 0 Å². The van der Waals surface area contributed by atoms with Crippen LogP contribution in [0.4, 0.5) is 0 Å². The quantitative estimate of drug-likeness (QED) is 0.577. The van der Waals surface area contributed by atoms with Gasteiger partial charge >= 0.3 is 0 Å². The molecule has 0 aromatic rings. The minimum atomic E-state index is 0.974. The van der Waals surface area contributed by atoms with Crippen LogP contribution in [0.2, 0.25) is 0 Å². The summed E-state index contributed by atoms with van der Waals surface area (Å²) < 4.78 is 0. The van der Waals surface area contributed by atoms with Crippen LogP contribution in [0.15, 0.2) is 0 Å². The first-order valence-electron chi connectivity index (χ1n) is 6.70. The van der Waals surface area contributed by atoms with Gasteiger partial charge in [0.15, 0.2) is 0 Å². The molecule has 0 heterocycles. The Morgan fingerprint density at radius 2 is 1.43 bits per heavy atom. The fraction of sp³-hybridized carbons (Fsp3) is 1.00. The van der Waals surface area contributed by atoms with Gasteiger partial charge in [-0.1, -0.05) is 52.9 Å². The topological polar surface area (TPSA) is 0 Å². The average molecular weight is 194 g/mol. The van der Waals surface area contributed by atoms with Crippen LogP contribution in [0.25, 0.3) is 0 Å². The van der Waals surface area contributed by atoms with E-state index in [4.69, 9.17) is 0 Å². The molecule has 0 nitrogen and oxygen atoms in total. The molecule has 0 spiro atoms. The lowest BCUT2D eigenvalue weighted by Gasteiger charge is -2.31. The highest BCUT2D eigenvalue weighted by molar-refractivity contribution is 4.88. The summed E-state index contributed by atoms with van der Waals surface area (Å²) in [5, 5.41) is 0. The maximum Gasteiger partial charge on any atom is -0.0355 e. The molecule has 4 unspecified atom stereocenters. The summed E-state index contributed by atoms with van der Waals surface area (Å²) in [5.74, 6) is 5.11. The molecule has 2 fully saturated rings. The van der Waals surface area contributed by atoms with E-state index in [9.17, 15) is 0 Å². The van der Waals surface area contributed by atoms with Crippen LogP contribution in [0.5, 0.6) is 0 Å². The molecule has 0 bridgehead atoms. The predicted octanol–water partition coefficient (Wildman–Crippen LogP) is 4.49. The van der Waals surface area contributed by atoms with Crippen LogP contribution in [0.1, 0.15) is 59.3 Å². The monoisotopic (exact) mass is 194 g/mol. The third-order valence-corrected chi connectivity index (χ3v) is 5.30. The first-order valence-corrected chi connectivity index (χ1v) is 6.70. The molecule has 2 saturated carbocycles. The third kappa shape index (κ3) is 1.85. The molecule has 0 radical (unpaired) electrons. The molecule has 2 aliphatic rings. The van der Waals surface area contributed by atoms with Crippen LogP contribution in [0, 0.1) is 29.6 Å². The molecule has 0 aromatic heterocycles. The fourth-order valence-corrected chi connectivity index (χ4v) is 3.95. The van der Waals surface area contributed by atoms with Crippen molar-refractivity contribution < 1.29 is 0 Å². The molecular weight excluding hydrogens is 168 g/mol. The maximum absolute atomic E-state index is 2.51. The second-order valence-corrected chi connectivity index (χ2v) is 5.99. The lowest BCUT2D eigenvalue weighted by Crippen LogP contribution is -2.21. The van der Waals surface area contributed by atoms with Gasteiger partial charge in [-0.3, -0.25) is 0 Å². The largest absolute Gasteiger partial charge is 0.0622 e. The average Bonchev–Trinajstić information content (AvgIpc) is 2.47. The van der Waals surface area contributed by atoms with Gasteiger partial charge < -0.3 is 0 Å². The molecule has 0 heteroatoms. The molecule has 0 aromatic carbocycles. The van der Waals surface area contributed by atoms with Gasteiger partial charge in [-0.25, -0.2) is 0 Å². The third-order valence-electron chi connectivity index (χ3n) is 5.30. The Hall–Kier alpha value is 0. The van der Waals surface area contributed by atoms with Crippen molar-refractivity contribution in [3.63, 3.8) is 0 Å². The van der Waals surface area contributed by atoms with E-state index in [1.54, 1.807) is 0 Å². The van der Waals surface area contributed by atoms with Crippen molar-refractivity contribution in [1.29, 1.82) is 0 Å². The van der Waals surface area contributed by atoms with E-state index in [-0.39, 0.29) is 0 Å².